The standard InChI is InChI=1S/C38H48N4O5Si/c1-26-37(46-3)31-23-28(42-21-10-9-13-36(42)44)14-19-34(31)47-38(26)35(48(4,5)30-17-15-29(45-2)16-18-30)20-22-41-24-33(39-40-41)32(25-43)27-11-7-6-8-12-27/h6-8,11-12,14-19,23-24,26,32,35,37-38,43H,9-10,13,20-22,25H2,1-5H3/t26-,32?,35?,37-,38-/m1/s1. The van der Waals surface area contributed by atoms with Crippen LogP contribution in [0.25, 0.3) is 0 Å². The van der Waals surface area contributed by atoms with Gasteiger partial charge in [0.25, 0.3) is 0 Å². The topological polar surface area (TPSA) is 98.9 Å². The number of aryl methyl sites for hydroxylation is 1. The van der Waals surface area contributed by atoms with Gasteiger partial charge in [0.05, 0.1) is 39.5 Å². The normalized spacial score (nSPS) is 20.9. The molecule has 254 valence electrons. The van der Waals surface area contributed by atoms with Crippen molar-refractivity contribution in [1.82, 2.24) is 15.0 Å². The van der Waals surface area contributed by atoms with Crippen molar-refractivity contribution in [3.63, 3.8) is 0 Å². The molecule has 6 rings (SSSR count). The van der Waals surface area contributed by atoms with Gasteiger partial charge < -0.3 is 24.2 Å². The summed E-state index contributed by atoms with van der Waals surface area (Å²) in [6, 6.07) is 24.6. The van der Waals surface area contributed by atoms with Gasteiger partial charge in [-0.3, -0.25) is 9.48 Å². The summed E-state index contributed by atoms with van der Waals surface area (Å²) in [5.74, 6) is 1.65. The van der Waals surface area contributed by atoms with Gasteiger partial charge in [0, 0.05) is 50.0 Å². The molecule has 1 amide bonds. The molecule has 0 spiro atoms. The number of aliphatic hydroxyl groups excluding tert-OH is 1. The number of benzene rings is 3. The third kappa shape index (κ3) is 6.79. The van der Waals surface area contributed by atoms with E-state index in [-0.39, 0.29) is 42.1 Å². The SMILES string of the molecule is COc1ccc([Si](C)(C)C(CCn2cc(C(CO)c3ccccc3)nn2)[C@@H]2Oc3ccc(N4CCCCC4=O)cc3[C@H](OC)[C@H]2C)cc1. The summed E-state index contributed by atoms with van der Waals surface area (Å²) in [7, 11) is 1.26. The highest BCUT2D eigenvalue weighted by atomic mass is 28.3. The molecule has 0 aliphatic carbocycles. The second-order valence-corrected chi connectivity index (χ2v) is 18.5. The highest BCUT2D eigenvalue weighted by Crippen LogP contribution is 2.48. The summed E-state index contributed by atoms with van der Waals surface area (Å²) in [4.78, 5) is 14.7. The van der Waals surface area contributed by atoms with E-state index in [0.717, 1.165) is 59.8 Å². The lowest BCUT2D eigenvalue weighted by molar-refractivity contribution is -0.119. The van der Waals surface area contributed by atoms with Crippen molar-refractivity contribution < 1.29 is 24.1 Å². The van der Waals surface area contributed by atoms with E-state index in [2.05, 4.69) is 48.5 Å². The molecule has 2 aliphatic heterocycles. The highest BCUT2D eigenvalue weighted by Gasteiger charge is 2.47. The number of piperidine rings is 1. The first kappa shape index (κ1) is 33.9. The molecule has 0 radical (unpaired) electrons. The fourth-order valence-corrected chi connectivity index (χ4v) is 11.2. The number of rotatable bonds is 12. The fraction of sp³-hybridized carbons (Fsp3) is 0.447. The summed E-state index contributed by atoms with van der Waals surface area (Å²) in [5.41, 5.74) is 3.87. The molecule has 5 atom stereocenters. The molecule has 0 saturated carbocycles. The molecule has 0 bridgehead atoms. The zero-order valence-electron chi connectivity index (χ0n) is 28.7. The number of aliphatic hydroxyl groups is 1. The van der Waals surface area contributed by atoms with Crippen molar-refractivity contribution in [2.75, 3.05) is 32.3 Å². The van der Waals surface area contributed by atoms with Crippen LogP contribution in [0.5, 0.6) is 11.5 Å². The van der Waals surface area contributed by atoms with E-state index in [1.54, 1.807) is 14.2 Å². The van der Waals surface area contributed by atoms with Gasteiger partial charge in [-0.15, -0.1) is 5.10 Å². The number of nitrogens with zero attached hydrogens (tertiary/aromatic N) is 4. The lowest BCUT2D eigenvalue weighted by Gasteiger charge is -2.46. The molecule has 4 aromatic rings. The summed E-state index contributed by atoms with van der Waals surface area (Å²) < 4.78 is 20.6. The number of anilines is 1. The number of fused-ring (bicyclic) bond motifs is 1. The largest absolute Gasteiger partial charge is 0.497 e. The molecular weight excluding hydrogens is 621 g/mol. The molecule has 9 nitrogen and oxygen atoms in total. The van der Waals surface area contributed by atoms with Gasteiger partial charge >= 0.3 is 0 Å². The third-order valence-electron chi connectivity index (χ3n) is 10.6. The number of carbonyl (C=O) groups is 1. The Morgan fingerprint density at radius 1 is 1.04 bits per heavy atom. The second kappa shape index (κ2) is 14.6. The Balaban J connectivity index is 1.31. The summed E-state index contributed by atoms with van der Waals surface area (Å²) in [6.07, 6.45) is 5.04. The number of hydrogen-bond donors (Lipinski definition) is 1. The zero-order valence-corrected chi connectivity index (χ0v) is 29.7. The molecule has 10 heteroatoms. The van der Waals surface area contributed by atoms with Gasteiger partial charge in [-0.2, -0.15) is 0 Å². The summed E-state index contributed by atoms with van der Waals surface area (Å²) in [5, 5.41) is 20.6. The van der Waals surface area contributed by atoms with Crippen LogP contribution in [0, 0.1) is 5.92 Å². The van der Waals surface area contributed by atoms with Crippen LogP contribution in [-0.2, 0) is 16.1 Å². The summed E-state index contributed by atoms with van der Waals surface area (Å²) >= 11 is 0. The van der Waals surface area contributed by atoms with Gasteiger partial charge in [0.15, 0.2) is 0 Å². The van der Waals surface area contributed by atoms with Crippen LogP contribution in [0.3, 0.4) is 0 Å². The predicted molar refractivity (Wildman–Crippen MR) is 190 cm³/mol. The number of ether oxygens (including phenoxy) is 3. The van der Waals surface area contributed by atoms with E-state index in [4.69, 9.17) is 14.2 Å². The maximum Gasteiger partial charge on any atom is 0.226 e. The Morgan fingerprint density at radius 2 is 1.81 bits per heavy atom. The van der Waals surface area contributed by atoms with E-state index in [1.807, 2.05) is 70.4 Å². The summed E-state index contributed by atoms with van der Waals surface area (Å²) in [6.45, 7) is 8.42. The van der Waals surface area contributed by atoms with E-state index in [9.17, 15) is 9.90 Å². The minimum atomic E-state index is -2.20. The lowest BCUT2D eigenvalue weighted by Crippen LogP contribution is -2.54. The molecule has 48 heavy (non-hydrogen) atoms. The fourth-order valence-electron chi connectivity index (χ4n) is 7.69. The number of carbonyl (C=O) groups excluding carboxylic acids is 1. The average Bonchev–Trinajstić information content (AvgIpc) is 3.57. The van der Waals surface area contributed by atoms with Crippen molar-refractivity contribution >= 4 is 24.9 Å². The van der Waals surface area contributed by atoms with Crippen molar-refractivity contribution in [1.29, 1.82) is 0 Å². The van der Waals surface area contributed by atoms with Gasteiger partial charge in [-0.1, -0.05) is 72.9 Å². The maximum absolute atomic E-state index is 12.8. The number of methoxy groups -OCH3 is 2. The van der Waals surface area contributed by atoms with Crippen molar-refractivity contribution in [2.45, 2.75) is 75.9 Å². The van der Waals surface area contributed by atoms with Crippen LogP contribution in [-0.4, -0.2) is 67.6 Å². The van der Waals surface area contributed by atoms with Crippen LogP contribution < -0.4 is 19.6 Å². The van der Waals surface area contributed by atoms with Gasteiger partial charge in [0.2, 0.25) is 5.91 Å². The van der Waals surface area contributed by atoms with Gasteiger partial charge in [-0.05, 0) is 60.7 Å². The monoisotopic (exact) mass is 668 g/mol. The Labute approximate surface area is 284 Å². The van der Waals surface area contributed by atoms with Crippen LogP contribution >= 0.6 is 0 Å². The molecule has 3 heterocycles. The number of amides is 1. The second-order valence-electron chi connectivity index (χ2n) is 13.7. The van der Waals surface area contributed by atoms with E-state index < -0.39 is 8.07 Å². The molecular formula is C38H48N4O5Si. The first-order valence-electron chi connectivity index (χ1n) is 17.1. The molecule has 1 N–H and O–H groups in total. The number of hydrogen-bond acceptors (Lipinski definition) is 7. The molecule has 2 aliphatic rings. The van der Waals surface area contributed by atoms with E-state index in [1.165, 1.54) is 5.19 Å². The highest BCUT2D eigenvalue weighted by molar-refractivity contribution is 6.91. The quantitative estimate of drug-likeness (QED) is 0.183. The van der Waals surface area contributed by atoms with Crippen LogP contribution in [0.4, 0.5) is 5.69 Å². The van der Waals surface area contributed by atoms with Crippen molar-refractivity contribution in [3.05, 3.63) is 95.8 Å². The minimum Gasteiger partial charge on any atom is -0.497 e. The Kier molecular flexibility index (Phi) is 10.3. The molecule has 1 fully saturated rings. The first-order chi connectivity index (χ1) is 23.2. The smallest absolute Gasteiger partial charge is 0.226 e. The van der Waals surface area contributed by atoms with Crippen molar-refractivity contribution in [3.8, 4) is 11.5 Å². The Morgan fingerprint density at radius 3 is 2.50 bits per heavy atom. The Bertz CT molecular complexity index is 1680. The Hall–Kier alpha value is -3.99. The third-order valence-corrected chi connectivity index (χ3v) is 14.9. The minimum absolute atomic E-state index is 0.0401. The lowest BCUT2D eigenvalue weighted by atomic mass is 9.86. The zero-order chi connectivity index (χ0) is 33.8. The number of aromatic nitrogens is 3. The van der Waals surface area contributed by atoms with E-state index >= 15 is 0 Å². The van der Waals surface area contributed by atoms with Gasteiger partial charge in [0.1, 0.15) is 17.6 Å². The molecule has 1 saturated heterocycles. The molecule has 2 unspecified atom stereocenters. The van der Waals surface area contributed by atoms with Crippen molar-refractivity contribution in [2.24, 2.45) is 5.92 Å². The average molecular weight is 669 g/mol. The molecule has 1 aromatic heterocycles. The van der Waals surface area contributed by atoms with Crippen LogP contribution in [0.2, 0.25) is 18.6 Å². The van der Waals surface area contributed by atoms with Crippen LogP contribution in [0.1, 0.15) is 61.4 Å². The maximum atomic E-state index is 12.8. The first-order valence-corrected chi connectivity index (χ1v) is 20.2. The van der Waals surface area contributed by atoms with Crippen LogP contribution in [0.15, 0.2) is 79.0 Å². The molecule has 3 aromatic carbocycles. The van der Waals surface area contributed by atoms with Gasteiger partial charge in [-0.25, -0.2) is 0 Å². The predicted octanol–water partition coefficient (Wildman–Crippen LogP) is 6.09. The van der Waals surface area contributed by atoms with E-state index in [0.29, 0.717) is 13.0 Å².